The van der Waals surface area contributed by atoms with Crippen molar-refractivity contribution in [2.75, 3.05) is 52.9 Å². The Hall–Kier alpha value is -10.3. The molecule has 2 heterocycles. The van der Waals surface area contributed by atoms with Gasteiger partial charge >= 0.3 is 0 Å². The zero-order valence-corrected chi connectivity index (χ0v) is 71.0. The van der Waals surface area contributed by atoms with Gasteiger partial charge < -0.3 is 37.9 Å². The summed E-state index contributed by atoms with van der Waals surface area (Å²) < 4.78 is 192. The Kier molecular flexibility index (Phi) is 25.7. The summed E-state index contributed by atoms with van der Waals surface area (Å²) in [5, 5.41) is 4.16. The minimum Gasteiger partial charge on any atom is -0.490 e. The molecule has 24 heteroatoms. The van der Waals surface area contributed by atoms with Gasteiger partial charge in [0.15, 0.2) is 46.0 Å². The molecule has 2 aliphatic heterocycles. The van der Waals surface area contributed by atoms with Crippen molar-refractivity contribution < 1.29 is 71.6 Å². The van der Waals surface area contributed by atoms with Crippen LogP contribution in [-0.4, -0.2) is 104 Å². The van der Waals surface area contributed by atoms with Gasteiger partial charge in [-0.3, -0.25) is 0 Å². The van der Waals surface area contributed by atoms with Gasteiger partial charge in [-0.05, 0) is 175 Å². The summed E-state index contributed by atoms with van der Waals surface area (Å²) in [6.07, 6.45) is 0. The Morgan fingerprint density at radius 3 is 0.440 bits per heavy atom. The number of ether oxygens (including phenoxy) is 8. The first-order chi connectivity index (χ1) is 55.9. The van der Waals surface area contributed by atoms with Crippen molar-refractivity contribution in [1.82, 2.24) is 17.2 Å². The zero-order valence-electron chi connectivity index (χ0n) is 67.7. The van der Waals surface area contributed by atoms with Crippen molar-refractivity contribution in [3.05, 3.63) is 261 Å². The average molecular weight is 1650 g/mol. The monoisotopic (exact) mass is 1640 g/mol. The minimum absolute atomic E-state index is 0.0145. The van der Waals surface area contributed by atoms with Crippen molar-refractivity contribution in [2.45, 2.75) is 155 Å². The fourth-order valence-corrected chi connectivity index (χ4v) is 21.0. The first kappa shape index (κ1) is 83.7. The van der Waals surface area contributed by atoms with Crippen LogP contribution in [0.3, 0.4) is 0 Å². The van der Waals surface area contributed by atoms with E-state index in [0.29, 0.717) is 87.6 Å². The highest BCUT2D eigenvalue weighted by atomic mass is 32.2. The van der Waals surface area contributed by atoms with E-state index in [0.717, 1.165) is 22.3 Å². The quantitative estimate of drug-likeness (QED) is 0.0548. The highest BCUT2D eigenvalue weighted by Gasteiger charge is 2.40. The lowest BCUT2D eigenvalue weighted by Gasteiger charge is -2.32. The predicted molar refractivity (Wildman–Crippen MR) is 456 cm³/mol. The molecule has 12 aromatic rings. The van der Waals surface area contributed by atoms with Crippen molar-refractivity contribution >= 4 is 83.2 Å². The second-order valence-corrected chi connectivity index (χ2v) is 36.2. The van der Waals surface area contributed by atoms with Crippen LogP contribution < -0.4 is 37.9 Å². The molecule has 0 saturated carbocycles. The summed E-state index contributed by atoms with van der Waals surface area (Å²) in [4.78, 5) is -0.0578. The van der Waals surface area contributed by atoms with Gasteiger partial charge in [0.25, 0.3) is 0 Å². The first-order valence-corrected chi connectivity index (χ1v) is 45.2. The number of benzene rings is 12. The SMILES string of the molecule is CCOc1c(OCC)c2c3ccccc3c1CN(S(=O)(=O)c1ccc(C)cc1)Cc1c(OCC)c(OCC)c(c3ccccc13)CN(S(=O)(=O)c1ccc(C)cc1)Cc1c(OCC)c(OCC)c(c3ccccc13)CN(S(=O)(=O)c1ccc(C)cc1)Cc1c(OCC)c(OCC)c(c3ccccc13)CN(S(=O)(=O)c1ccc(C)cc1)C2. The summed E-state index contributed by atoms with van der Waals surface area (Å²) >= 11 is 0. The maximum Gasteiger partial charge on any atom is 0.243 e. The minimum atomic E-state index is -4.61. The van der Waals surface area contributed by atoms with E-state index in [4.69, 9.17) is 37.9 Å². The smallest absolute Gasteiger partial charge is 0.243 e. The number of sulfonamides is 4. The van der Waals surface area contributed by atoms with Crippen molar-refractivity contribution in [1.29, 1.82) is 0 Å². The topological polar surface area (TPSA) is 223 Å². The molecule has 0 unspecified atom stereocenters. The van der Waals surface area contributed by atoms with E-state index in [2.05, 4.69) is 0 Å². The molecule has 0 amide bonds. The first-order valence-electron chi connectivity index (χ1n) is 39.4. The lowest BCUT2D eigenvalue weighted by molar-refractivity contribution is 0.269. The van der Waals surface area contributed by atoms with Crippen molar-refractivity contribution in [3.8, 4) is 46.0 Å². The van der Waals surface area contributed by atoms with E-state index in [9.17, 15) is 0 Å². The van der Waals surface area contributed by atoms with Gasteiger partial charge in [-0.2, -0.15) is 17.2 Å². The second-order valence-electron chi connectivity index (χ2n) is 28.5. The van der Waals surface area contributed by atoms with Crippen LogP contribution in [0.25, 0.3) is 43.1 Å². The third-order valence-electron chi connectivity index (χ3n) is 20.9. The fraction of sp³-hybridized carbons (Fsp3) is 0.304. The molecular formula is C92H100N4O16S4. The summed E-state index contributed by atoms with van der Waals surface area (Å²) in [6, 6.07) is 56.1. The number of fused-ring (bicyclic) bond motifs is 12. The number of rotatable bonds is 24. The van der Waals surface area contributed by atoms with Crippen molar-refractivity contribution in [3.63, 3.8) is 0 Å². The molecule has 0 fully saturated rings. The van der Waals surface area contributed by atoms with Gasteiger partial charge in [0.05, 0.1) is 72.4 Å². The van der Waals surface area contributed by atoms with Gasteiger partial charge in [-0.15, -0.1) is 0 Å². The van der Waals surface area contributed by atoms with Crippen molar-refractivity contribution in [2.24, 2.45) is 0 Å². The summed E-state index contributed by atoms with van der Waals surface area (Å²) in [6.45, 7) is 19.5. The van der Waals surface area contributed by atoms with Crippen LogP contribution in [0, 0.1) is 27.7 Å². The number of nitrogens with zero attached hydrogens (tertiary/aromatic N) is 4. The molecule has 116 heavy (non-hydrogen) atoms. The van der Waals surface area contributed by atoms with Gasteiger partial charge in [-0.25, -0.2) is 33.7 Å². The molecule has 8 bridgehead atoms. The van der Waals surface area contributed by atoms with Gasteiger partial charge in [-0.1, -0.05) is 168 Å². The van der Waals surface area contributed by atoms with Crippen LogP contribution in [0.15, 0.2) is 214 Å². The predicted octanol–water partition coefficient (Wildman–Crippen LogP) is 18.6. The molecule has 608 valence electrons. The molecule has 2 aliphatic rings. The van der Waals surface area contributed by atoms with Crippen LogP contribution >= 0.6 is 0 Å². The summed E-state index contributed by atoms with van der Waals surface area (Å²) in [5.74, 6) is 1.33. The summed E-state index contributed by atoms with van der Waals surface area (Å²) in [7, 11) is -18.4. The van der Waals surface area contributed by atoms with Crippen LogP contribution in [0.1, 0.15) is 122 Å². The molecule has 12 aromatic carbocycles. The Balaban J connectivity index is 1.19. The molecule has 20 nitrogen and oxygen atoms in total. The highest BCUT2D eigenvalue weighted by molar-refractivity contribution is 7.90. The molecule has 0 atom stereocenters. The molecular weight excluding hydrogens is 1550 g/mol. The van der Waals surface area contributed by atoms with E-state index >= 15 is 33.7 Å². The highest BCUT2D eigenvalue weighted by Crippen LogP contribution is 2.52. The summed E-state index contributed by atoms with van der Waals surface area (Å²) in [5.41, 5.74) is 6.46. The van der Waals surface area contributed by atoms with Gasteiger partial charge in [0.1, 0.15) is 0 Å². The molecule has 0 N–H and O–H groups in total. The number of aryl methyl sites for hydroxylation is 4. The van der Waals surface area contributed by atoms with Crippen LogP contribution in [0.2, 0.25) is 0 Å². The van der Waals surface area contributed by atoms with E-state index in [1.54, 1.807) is 97.1 Å². The average Bonchev–Trinajstić information content (AvgIpc) is 0.742. The van der Waals surface area contributed by atoms with E-state index in [1.165, 1.54) is 17.2 Å². The third-order valence-corrected chi connectivity index (χ3v) is 28.2. The maximum atomic E-state index is 16.4. The fourth-order valence-electron chi connectivity index (χ4n) is 15.5. The molecule has 14 rings (SSSR count). The molecule has 0 radical (unpaired) electrons. The number of hydrogen-bond acceptors (Lipinski definition) is 16. The maximum absolute atomic E-state index is 16.4. The van der Waals surface area contributed by atoms with E-state index < -0.39 is 40.1 Å². The Bertz CT molecular complexity index is 5140. The van der Waals surface area contributed by atoms with Crippen LogP contribution in [-0.2, 0) is 92.5 Å². The Morgan fingerprint density at radius 2 is 0.328 bits per heavy atom. The lowest BCUT2D eigenvalue weighted by Crippen LogP contribution is -2.33. The molecule has 0 spiro atoms. The molecule has 0 aromatic heterocycles. The molecule has 0 aliphatic carbocycles. The van der Waals surface area contributed by atoms with Gasteiger partial charge in [0.2, 0.25) is 40.1 Å². The number of hydrogen-bond donors (Lipinski definition) is 0. The largest absolute Gasteiger partial charge is 0.490 e. The zero-order chi connectivity index (χ0) is 82.4. The Labute approximate surface area is 682 Å². The van der Waals surface area contributed by atoms with E-state index in [-0.39, 0.29) is 171 Å². The second kappa shape index (κ2) is 35.7. The van der Waals surface area contributed by atoms with E-state index in [1.807, 2.05) is 180 Å². The Morgan fingerprint density at radius 1 is 0.207 bits per heavy atom. The lowest BCUT2D eigenvalue weighted by atomic mass is 9.94. The van der Waals surface area contributed by atoms with Crippen LogP contribution in [0.4, 0.5) is 0 Å². The third kappa shape index (κ3) is 16.5. The van der Waals surface area contributed by atoms with Gasteiger partial charge in [0, 0.05) is 96.9 Å². The molecule has 0 saturated heterocycles. The normalized spacial score (nSPS) is 14.2. The standard InChI is InChI=1S/C92H100N4O16S4/c1-13-105-85-77-53-93(113(97,98)65-45-37-61(9)38-46-65)55-79-71-31-23-24-32-72(71)81(89(109-17-5)87(79)107-15-3)57-95(115(101,102)67-49-41-63(11)42-50-67)59-83-75-35-27-28-36-76(75)84(92(112-20-8)91(83)111-19-7)60-96(116(103,104)68-51-43-64(12)44-52-68)58-82-74-34-26-25-33-73(74)80(88(108-16-4)90(82)110-18-6)56-94(114(99,100)66-47-39-62(10)40-48-66)54-78(86(85)106-14-2)70-30-22-21-29-69(70)77/h21-52H,13-20,53-60H2,1-12H3. The van der Waals surface area contributed by atoms with Crippen LogP contribution in [0.5, 0.6) is 46.0 Å².